The first-order valence-electron chi connectivity index (χ1n) is 5.86. The predicted molar refractivity (Wildman–Crippen MR) is 71.3 cm³/mol. The highest BCUT2D eigenvalue weighted by Gasteiger charge is 2.07. The second-order valence-corrected chi connectivity index (χ2v) is 3.85. The molecule has 1 amide bonds. The SMILES string of the molecule is COc1ccccc1OCC(=O)Nc1ccc(F)cn1. The predicted octanol–water partition coefficient (Wildman–Crippen LogP) is 2.25. The highest BCUT2D eigenvalue weighted by Crippen LogP contribution is 2.25. The number of pyridine rings is 1. The van der Waals surface area contributed by atoms with Crippen molar-refractivity contribution in [3.8, 4) is 11.5 Å². The van der Waals surface area contributed by atoms with Crippen LogP contribution in [0.2, 0.25) is 0 Å². The van der Waals surface area contributed by atoms with Crippen LogP contribution in [0.25, 0.3) is 0 Å². The Balaban J connectivity index is 1.90. The van der Waals surface area contributed by atoms with Gasteiger partial charge in [-0.25, -0.2) is 9.37 Å². The normalized spacial score (nSPS) is 9.90. The van der Waals surface area contributed by atoms with Gasteiger partial charge in [0.05, 0.1) is 13.3 Å². The maximum atomic E-state index is 12.7. The van der Waals surface area contributed by atoms with E-state index in [4.69, 9.17) is 9.47 Å². The van der Waals surface area contributed by atoms with Crippen molar-refractivity contribution in [2.45, 2.75) is 0 Å². The van der Waals surface area contributed by atoms with E-state index in [0.717, 1.165) is 6.20 Å². The molecule has 0 saturated carbocycles. The van der Waals surface area contributed by atoms with Crippen LogP contribution >= 0.6 is 0 Å². The van der Waals surface area contributed by atoms with Crippen molar-refractivity contribution in [1.82, 2.24) is 4.98 Å². The fourth-order valence-electron chi connectivity index (χ4n) is 1.51. The molecule has 20 heavy (non-hydrogen) atoms. The number of para-hydroxylation sites is 2. The lowest BCUT2D eigenvalue weighted by atomic mass is 10.3. The zero-order valence-electron chi connectivity index (χ0n) is 10.8. The van der Waals surface area contributed by atoms with E-state index in [2.05, 4.69) is 10.3 Å². The fourth-order valence-corrected chi connectivity index (χ4v) is 1.51. The van der Waals surface area contributed by atoms with Gasteiger partial charge in [0.2, 0.25) is 0 Å². The van der Waals surface area contributed by atoms with E-state index in [0.29, 0.717) is 11.5 Å². The molecule has 1 N–H and O–H groups in total. The Morgan fingerprint density at radius 1 is 1.25 bits per heavy atom. The second-order valence-electron chi connectivity index (χ2n) is 3.85. The summed E-state index contributed by atoms with van der Waals surface area (Å²) in [6.07, 6.45) is 1.02. The van der Waals surface area contributed by atoms with Crippen LogP contribution in [0.1, 0.15) is 0 Å². The highest BCUT2D eigenvalue weighted by atomic mass is 19.1. The lowest BCUT2D eigenvalue weighted by Gasteiger charge is -2.10. The number of anilines is 1. The van der Waals surface area contributed by atoms with E-state index in [-0.39, 0.29) is 12.4 Å². The van der Waals surface area contributed by atoms with E-state index in [1.54, 1.807) is 24.3 Å². The summed E-state index contributed by atoms with van der Waals surface area (Å²) in [7, 11) is 1.52. The molecule has 2 aromatic rings. The quantitative estimate of drug-likeness (QED) is 0.909. The molecule has 1 aromatic heterocycles. The monoisotopic (exact) mass is 276 g/mol. The first-order valence-corrected chi connectivity index (χ1v) is 5.86. The van der Waals surface area contributed by atoms with Crippen molar-refractivity contribution >= 4 is 11.7 Å². The lowest BCUT2D eigenvalue weighted by Crippen LogP contribution is -2.20. The van der Waals surface area contributed by atoms with Crippen molar-refractivity contribution in [1.29, 1.82) is 0 Å². The molecule has 0 radical (unpaired) electrons. The smallest absolute Gasteiger partial charge is 0.263 e. The molecule has 0 aliphatic heterocycles. The number of methoxy groups -OCH3 is 1. The Hall–Kier alpha value is -2.63. The molecular weight excluding hydrogens is 263 g/mol. The Morgan fingerprint density at radius 2 is 2.00 bits per heavy atom. The number of halogens is 1. The summed E-state index contributed by atoms with van der Waals surface area (Å²) in [6.45, 7) is -0.195. The third-order valence-corrected chi connectivity index (χ3v) is 2.42. The van der Waals surface area contributed by atoms with Crippen LogP contribution in [-0.4, -0.2) is 24.6 Å². The molecule has 2 rings (SSSR count). The third-order valence-electron chi connectivity index (χ3n) is 2.42. The molecule has 0 aliphatic rings. The minimum atomic E-state index is -0.465. The molecule has 0 spiro atoms. The zero-order chi connectivity index (χ0) is 14.4. The van der Waals surface area contributed by atoms with Gasteiger partial charge in [-0.3, -0.25) is 4.79 Å². The van der Waals surface area contributed by atoms with Gasteiger partial charge in [-0.15, -0.1) is 0 Å². The average molecular weight is 276 g/mol. The largest absolute Gasteiger partial charge is 0.493 e. The number of carbonyl (C=O) groups is 1. The molecule has 0 fully saturated rings. The Labute approximate surface area is 115 Å². The van der Waals surface area contributed by atoms with Crippen LogP contribution < -0.4 is 14.8 Å². The number of amides is 1. The van der Waals surface area contributed by atoms with Gasteiger partial charge in [-0.05, 0) is 24.3 Å². The van der Waals surface area contributed by atoms with Crippen LogP contribution in [0.5, 0.6) is 11.5 Å². The van der Waals surface area contributed by atoms with E-state index < -0.39 is 11.7 Å². The van der Waals surface area contributed by atoms with Crippen molar-refractivity contribution in [2.75, 3.05) is 19.0 Å². The molecule has 0 unspecified atom stereocenters. The molecule has 104 valence electrons. The van der Waals surface area contributed by atoms with Gasteiger partial charge in [0.15, 0.2) is 18.1 Å². The number of aromatic nitrogens is 1. The summed E-state index contributed by atoms with van der Waals surface area (Å²) in [4.78, 5) is 15.4. The number of rotatable bonds is 5. The van der Waals surface area contributed by atoms with Gasteiger partial charge in [0.1, 0.15) is 11.6 Å². The molecule has 1 aromatic carbocycles. The highest BCUT2D eigenvalue weighted by molar-refractivity contribution is 5.90. The molecule has 0 atom stereocenters. The van der Waals surface area contributed by atoms with Crippen molar-refractivity contribution in [3.05, 3.63) is 48.4 Å². The fraction of sp³-hybridized carbons (Fsp3) is 0.143. The maximum absolute atomic E-state index is 12.7. The molecule has 0 saturated heterocycles. The van der Waals surface area contributed by atoms with Gasteiger partial charge in [-0.2, -0.15) is 0 Å². The first-order chi connectivity index (χ1) is 9.69. The number of ether oxygens (including phenoxy) is 2. The summed E-state index contributed by atoms with van der Waals surface area (Å²) in [5.74, 6) is 0.417. The minimum absolute atomic E-state index is 0.195. The van der Waals surface area contributed by atoms with Gasteiger partial charge >= 0.3 is 0 Å². The molecule has 5 nitrogen and oxygen atoms in total. The van der Waals surface area contributed by atoms with Crippen LogP contribution in [0, 0.1) is 5.82 Å². The topological polar surface area (TPSA) is 60.5 Å². The van der Waals surface area contributed by atoms with Crippen LogP contribution in [-0.2, 0) is 4.79 Å². The van der Waals surface area contributed by atoms with Crippen LogP contribution in [0.4, 0.5) is 10.2 Å². The van der Waals surface area contributed by atoms with Crippen molar-refractivity contribution in [2.24, 2.45) is 0 Å². The lowest BCUT2D eigenvalue weighted by molar-refractivity contribution is -0.118. The number of benzene rings is 1. The second kappa shape index (κ2) is 6.51. The van der Waals surface area contributed by atoms with E-state index in [1.165, 1.54) is 19.2 Å². The Morgan fingerprint density at radius 3 is 2.65 bits per heavy atom. The van der Waals surface area contributed by atoms with Crippen molar-refractivity contribution < 1.29 is 18.7 Å². The summed E-state index contributed by atoms with van der Waals surface area (Å²) in [5, 5.41) is 2.49. The number of carbonyl (C=O) groups excluding carboxylic acids is 1. The number of nitrogens with zero attached hydrogens (tertiary/aromatic N) is 1. The van der Waals surface area contributed by atoms with Crippen LogP contribution in [0.3, 0.4) is 0 Å². The maximum Gasteiger partial charge on any atom is 0.263 e. The molecule has 1 heterocycles. The number of hydrogen-bond donors (Lipinski definition) is 1. The number of nitrogens with one attached hydrogen (secondary N) is 1. The van der Waals surface area contributed by atoms with Gasteiger partial charge in [0, 0.05) is 0 Å². The van der Waals surface area contributed by atoms with Gasteiger partial charge in [0.25, 0.3) is 5.91 Å². The summed E-state index contributed by atoms with van der Waals surface area (Å²) >= 11 is 0. The standard InChI is InChI=1S/C14H13FN2O3/c1-19-11-4-2-3-5-12(11)20-9-14(18)17-13-7-6-10(15)8-16-13/h2-8H,9H2,1H3,(H,16,17,18). The Bertz CT molecular complexity index is 587. The molecule has 6 heteroatoms. The van der Waals surface area contributed by atoms with E-state index >= 15 is 0 Å². The summed E-state index contributed by atoms with van der Waals surface area (Å²) in [6, 6.07) is 9.59. The van der Waals surface area contributed by atoms with Gasteiger partial charge in [-0.1, -0.05) is 12.1 Å². The minimum Gasteiger partial charge on any atom is -0.493 e. The summed E-state index contributed by atoms with van der Waals surface area (Å²) in [5.41, 5.74) is 0. The van der Waals surface area contributed by atoms with Crippen LogP contribution in [0.15, 0.2) is 42.6 Å². The van der Waals surface area contributed by atoms with Gasteiger partial charge < -0.3 is 14.8 Å². The Kier molecular flexibility index (Phi) is 4.49. The summed E-state index contributed by atoms with van der Waals surface area (Å²) < 4.78 is 23.1. The number of hydrogen-bond acceptors (Lipinski definition) is 4. The van der Waals surface area contributed by atoms with E-state index in [9.17, 15) is 9.18 Å². The van der Waals surface area contributed by atoms with Crippen molar-refractivity contribution in [3.63, 3.8) is 0 Å². The molecular formula is C14H13FN2O3. The third kappa shape index (κ3) is 3.68. The average Bonchev–Trinajstić information content (AvgIpc) is 2.48. The van der Waals surface area contributed by atoms with E-state index in [1.807, 2.05) is 0 Å². The first kappa shape index (κ1) is 13.8. The zero-order valence-corrected chi connectivity index (χ0v) is 10.8. The molecule has 0 bridgehead atoms. The molecule has 0 aliphatic carbocycles.